The third kappa shape index (κ3) is 3.28. The number of benzene rings is 1. The first-order valence-corrected chi connectivity index (χ1v) is 6.88. The van der Waals surface area contributed by atoms with E-state index < -0.39 is 11.6 Å². The lowest BCUT2D eigenvalue weighted by Gasteiger charge is -2.20. The van der Waals surface area contributed by atoms with Crippen LogP contribution >= 0.6 is 11.8 Å². The fourth-order valence-electron chi connectivity index (χ4n) is 2.03. The molecule has 92 valence electrons. The van der Waals surface area contributed by atoms with Crippen molar-refractivity contribution >= 4 is 17.5 Å². The molecule has 0 spiro atoms. The molecule has 0 N–H and O–H groups in total. The molecule has 0 radical (unpaired) electrons. The van der Waals surface area contributed by atoms with Gasteiger partial charge in [-0.1, -0.05) is 0 Å². The van der Waals surface area contributed by atoms with Crippen molar-refractivity contribution in [2.24, 2.45) is 5.92 Å². The first kappa shape index (κ1) is 12.6. The van der Waals surface area contributed by atoms with Crippen molar-refractivity contribution in [2.75, 3.05) is 11.5 Å². The van der Waals surface area contributed by atoms with Gasteiger partial charge in [0.05, 0.1) is 5.56 Å². The Kier molecular flexibility index (Phi) is 4.15. The molecule has 0 unspecified atom stereocenters. The van der Waals surface area contributed by atoms with Crippen LogP contribution in [0.3, 0.4) is 0 Å². The van der Waals surface area contributed by atoms with E-state index in [1.165, 1.54) is 0 Å². The average Bonchev–Trinajstić information content (AvgIpc) is 2.33. The van der Waals surface area contributed by atoms with Crippen molar-refractivity contribution in [2.45, 2.75) is 19.3 Å². The topological polar surface area (TPSA) is 17.1 Å². The van der Waals surface area contributed by atoms with Gasteiger partial charge >= 0.3 is 0 Å². The van der Waals surface area contributed by atoms with Crippen molar-refractivity contribution in [3.05, 3.63) is 35.4 Å². The Hall–Kier alpha value is -0.900. The molecule has 0 saturated carbocycles. The third-order valence-corrected chi connectivity index (χ3v) is 4.09. The highest BCUT2D eigenvalue weighted by molar-refractivity contribution is 7.99. The Labute approximate surface area is 104 Å². The summed E-state index contributed by atoms with van der Waals surface area (Å²) >= 11 is 1.88. The molecule has 1 aromatic carbocycles. The normalized spacial score (nSPS) is 17.1. The molecule has 1 aromatic rings. The van der Waals surface area contributed by atoms with Gasteiger partial charge < -0.3 is 0 Å². The van der Waals surface area contributed by atoms with Gasteiger partial charge in [-0.3, -0.25) is 4.79 Å². The number of carbonyl (C=O) groups is 1. The molecule has 1 nitrogen and oxygen atoms in total. The van der Waals surface area contributed by atoms with Crippen LogP contribution in [-0.2, 0) is 0 Å². The van der Waals surface area contributed by atoms with E-state index in [-0.39, 0.29) is 11.3 Å². The van der Waals surface area contributed by atoms with Crippen molar-refractivity contribution in [3.63, 3.8) is 0 Å². The van der Waals surface area contributed by atoms with Crippen LogP contribution in [0.1, 0.15) is 29.6 Å². The first-order chi connectivity index (χ1) is 8.16. The molecule has 0 atom stereocenters. The summed E-state index contributed by atoms with van der Waals surface area (Å²) in [4.78, 5) is 11.9. The Morgan fingerprint density at radius 3 is 2.71 bits per heavy atom. The SMILES string of the molecule is O=C(CC1CCSCC1)c1cc(F)ccc1F. The van der Waals surface area contributed by atoms with Gasteiger partial charge in [0.1, 0.15) is 11.6 Å². The number of carbonyl (C=O) groups excluding carboxylic acids is 1. The molecule has 0 aromatic heterocycles. The fourth-order valence-corrected chi connectivity index (χ4v) is 3.24. The molecule has 0 bridgehead atoms. The molecule has 1 aliphatic rings. The lowest BCUT2D eigenvalue weighted by Crippen LogP contribution is -2.15. The summed E-state index contributed by atoms with van der Waals surface area (Å²) in [5, 5.41) is 0. The number of halogens is 2. The highest BCUT2D eigenvalue weighted by Crippen LogP contribution is 2.27. The lowest BCUT2D eigenvalue weighted by atomic mass is 9.93. The number of hydrogen-bond donors (Lipinski definition) is 0. The van der Waals surface area contributed by atoms with Gasteiger partial charge in [0.15, 0.2) is 5.78 Å². The minimum absolute atomic E-state index is 0.108. The van der Waals surface area contributed by atoms with Crippen LogP contribution < -0.4 is 0 Å². The molecule has 0 amide bonds. The standard InChI is InChI=1S/C13H14F2OS/c14-10-1-2-12(15)11(8-10)13(16)7-9-3-5-17-6-4-9/h1-2,8-9H,3-7H2. The van der Waals surface area contributed by atoms with E-state index >= 15 is 0 Å². The maximum Gasteiger partial charge on any atom is 0.166 e. The number of hydrogen-bond acceptors (Lipinski definition) is 2. The van der Waals surface area contributed by atoms with Crippen LogP contribution in [0.4, 0.5) is 8.78 Å². The van der Waals surface area contributed by atoms with Crippen molar-refractivity contribution in [1.82, 2.24) is 0 Å². The molecular formula is C13H14F2OS. The first-order valence-electron chi connectivity index (χ1n) is 5.73. The molecule has 4 heteroatoms. The maximum atomic E-state index is 13.4. The summed E-state index contributed by atoms with van der Waals surface area (Å²) in [6, 6.07) is 3.04. The Balaban J connectivity index is 2.05. The van der Waals surface area contributed by atoms with Crippen LogP contribution in [0, 0.1) is 17.6 Å². The van der Waals surface area contributed by atoms with Gasteiger partial charge in [-0.05, 0) is 48.5 Å². The summed E-state index contributed by atoms with van der Waals surface area (Å²) in [6.45, 7) is 0. The van der Waals surface area contributed by atoms with E-state index in [9.17, 15) is 13.6 Å². The average molecular weight is 256 g/mol. The number of thioether (sulfide) groups is 1. The molecule has 17 heavy (non-hydrogen) atoms. The molecule has 1 fully saturated rings. The summed E-state index contributed by atoms with van der Waals surface area (Å²) in [5.74, 6) is 0.980. The van der Waals surface area contributed by atoms with Crippen molar-refractivity contribution < 1.29 is 13.6 Å². The van der Waals surface area contributed by atoms with Crippen LogP contribution in [-0.4, -0.2) is 17.3 Å². The zero-order chi connectivity index (χ0) is 12.3. The van der Waals surface area contributed by atoms with Gasteiger partial charge in [0.2, 0.25) is 0 Å². The largest absolute Gasteiger partial charge is 0.294 e. The Bertz CT molecular complexity index is 414. The van der Waals surface area contributed by atoms with Crippen LogP contribution in [0.25, 0.3) is 0 Å². The highest BCUT2D eigenvalue weighted by atomic mass is 32.2. The van der Waals surface area contributed by atoms with Gasteiger partial charge in [-0.25, -0.2) is 8.78 Å². The van der Waals surface area contributed by atoms with E-state index in [1.54, 1.807) is 0 Å². The van der Waals surface area contributed by atoms with Crippen LogP contribution in [0.5, 0.6) is 0 Å². The van der Waals surface area contributed by atoms with Crippen LogP contribution in [0.15, 0.2) is 18.2 Å². The molecule has 1 heterocycles. The van der Waals surface area contributed by atoms with Gasteiger partial charge in [0.25, 0.3) is 0 Å². The molecule has 0 aliphatic carbocycles. The summed E-state index contributed by atoms with van der Waals surface area (Å²) in [7, 11) is 0. The van der Waals surface area contributed by atoms with E-state index in [2.05, 4.69) is 0 Å². The molecule has 1 aliphatic heterocycles. The third-order valence-electron chi connectivity index (χ3n) is 3.04. The Morgan fingerprint density at radius 1 is 1.29 bits per heavy atom. The predicted octanol–water partition coefficient (Wildman–Crippen LogP) is 3.68. The minimum Gasteiger partial charge on any atom is -0.294 e. The fraction of sp³-hybridized carbons (Fsp3) is 0.462. The van der Waals surface area contributed by atoms with Gasteiger partial charge in [0, 0.05) is 6.42 Å². The lowest BCUT2D eigenvalue weighted by molar-refractivity contribution is 0.0954. The highest BCUT2D eigenvalue weighted by Gasteiger charge is 2.20. The predicted molar refractivity (Wildman–Crippen MR) is 65.4 cm³/mol. The van der Waals surface area contributed by atoms with Crippen LogP contribution in [0.2, 0.25) is 0 Å². The van der Waals surface area contributed by atoms with Gasteiger partial charge in [-0.2, -0.15) is 11.8 Å². The minimum atomic E-state index is -0.624. The summed E-state index contributed by atoms with van der Waals surface area (Å²) < 4.78 is 26.3. The zero-order valence-electron chi connectivity index (χ0n) is 9.42. The number of rotatable bonds is 3. The number of Topliss-reactive ketones (excluding diaryl/α,β-unsaturated/α-hetero) is 1. The zero-order valence-corrected chi connectivity index (χ0v) is 10.2. The smallest absolute Gasteiger partial charge is 0.166 e. The molecular weight excluding hydrogens is 242 g/mol. The second-order valence-corrected chi connectivity index (χ2v) is 5.53. The maximum absolute atomic E-state index is 13.4. The second-order valence-electron chi connectivity index (χ2n) is 4.31. The summed E-state index contributed by atoms with van der Waals surface area (Å²) in [6.07, 6.45) is 2.32. The quantitative estimate of drug-likeness (QED) is 0.767. The second kappa shape index (κ2) is 5.63. The summed E-state index contributed by atoms with van der Waals surface area (Å²) in [5.41, 5.74) is -0.108. The molecule has 2 rings (SSSR count). The monoisotopic (exact) mass is 256 g/mol. The van der Waals surface area contributed by atoms with E-state index in [4.69, 9.17) is 0 Å². The van der Waals surface area contributed by atoms with Crippen molar-refractivity contribution in [1.29, 1.82) is 0 Å². The number of ketones is 1. The van der Waals surface area contributed by atoms with E-state index in [1.807, 2.05) is 11.8 Å². The van der Waals surface area contributed by atoms with Gasteiger partial charge in [-0.15, -0.1) is 0 Å². The molecule has 1 saturated heterocycles. The van der Waals surface area contributed by atoms with E-state index in [0.29, 0.717) is 12.3 Å². The Morgan fingerprint density at radius 2 is 2.00 bits per heavy atom. The van der Waals surface area contributed by atoms with E-state index in [0.717, 1.165) is 42.5 Å². The van der Waals surface area contributed by atoms with Crippen molar-refractivity contribution in [3.8, 4) is 0 Å².